The highest BCUT2D eigenvalue weighted by atomic mass is 32.2. The van der Waals surface area contributed by atoms with Crippen LogP contribution in [0.15, 0.2) is 23.1 Å². The molecule has 0 unspecified atom stereocenters. The van der Waals surface area contributed by atoms with E-state index in [0.717, 1.165) is 6.42 Å². The van der Waals surface area contributed by atoms with Crippen LogP contribution in [0.3, 0.4) is 0 Å². The maximum absolute atomic E-state index is 11.2. The standard InChI is InChI=1S/C10H12N2O3S/c1-2-6-15-9-4-3-5-10(8(9)7-11)16(12,13)14/h3-5H,2,6H2,1H3,(H2,12,13,14). The Morgan fingerprint density at radius 3 is 2.69 bits per heavy atom. The van der Waals surface area contributed by atoms with E-state index in [9.17, 15) is 8.42 Å². The number of hydrogen-bond acceptors (Lipinski definition) is 4. The zero-order valence-electron chi connectivity index (χ0n) is 8.80. The van der Waals surface area contributed by atoms with E-state index in [0.29, 0.717) is 6.61 Å². The lowest BCUT2D eigenvalue weighted by Crippen LogP contribution is -2.14. The van der Waals surface area contributed by atoms with E-state index in [1.165, 1.54) is 12.1 Å². The predicted octanol–water partition coefficient (Wildman–Crippen LogP) is 0.994. The molecule has 1 rings (SSSR count). The Bertz CT molecular complexity index is 517. The van der Waals surface area contributed by atoms with Crippen molar-refractivity contribution in [2.45, 2.75) is 18.2 Å². The van der Waals surface area contributed by atoms with Crippen molar-refractivity contribution in [1.82, 2.24) is 0 Å². The fraction of sp³-hybridized carbons (Fsp3) is 0.300. The van der Waals surface area contributed by atoms with E-state index in [2.05, 4.69) is 0 Å². The quantitative estimate of drug-likeness (QED) is 0.849. The molecule has 0 saturated heterocycles. The summed E-state index contributed by atoms with van der Waals surface area (Å²) in [5.74, 6) is 0.246. The molecule has 0 aliphatic heterocycles. The molecule has 0 aromatic heterocycles. The van der Waals surface area contributed by atoms with Gasteiger partial charge in [-0.2, -0.15) is 5.26 Å². The first kappa shape index (κ1) is 12.5. The highest BCUT2D eigenvalue weighted by Gasteiger charge is 2.17. The maximum Gasteiger partial charge on any atom is 0.239 e. The monoisotopic (exact) mass is 240 g/mol. The van der Waals surface area contributed by atoms with Gasteiger partial charge in [-0.3, -0.25) is 0 Å². The number of nitrogens with zero attached hydrogens (tertiary/aromatic N) is 1. The second-order valence-corrected chi connectivity index (χ2v) is 4.66. The molecule has 0 spiro atoms. The minimum Gasteiger partial charge on any atom is -0.492 e. The smallest absolute Gasteiger partial charge is 0.239 e. The van der Waals surface area contributed by atoms with Crippen LogP contribution in [-0.2, 0) is 10.0 Å². The van der Waals surface area contributed by atoms with Gasteiger partial charge in [0.15, 0.2) is 0 Å². The van der Waals surface area contributed by atoms with Gasteiger partial charge < -0.3 is 4.74 Å². The lowest BCUT2D eigenvalue weighted by molar-refractivity contribution is 0.315. The molecule has 1 aromatic carbocycles. The van der Waals surface area contributed by atoms with Crippen LogP contribution in [0.1, 0.15) is 18.9 Å². The van der Waals surface area contributed by atoms with Gasteiger partial charge in [-0.15, -0.1) is 0 Å². The number of ether oxygens (including phenoxy) is 1. The molecule has 0 heterocycles. The lowest BCUT2D eigenvalue weighted by Gasteiger charge is -2.08. The number of rotatable bonds is 4. The summed E-state index contributed by atoms with van der Waals surface area (Å²) in [6.45, 7) is 2.33. The predicted molar refractivity (Wildman–Crippen MR) is 58.3 cm³/mol. The van der Waals surface area contributed by atoms with Gasteiger partial charge in [0.05, 0.1) is 6.61 Å². The van der Waals surface area contributed by atoms with Gasteiger partial charge in [0.1, 0.15) is 22.3 Å². The first-order chi connectivity index (χ1) is 7.50. The molecule has 0 saturated carbocycles. The summed E-state index contributed by atoms with van der Waals surface area (Å²) in [5, 5.41) is 13.9. The lowest BCUT2D eigenvalue weighted by atomic mass is 10.2. The van der Waals surface area contributed by atoms with Crippen LogP contribution in [0.2, 0.25) is 0 Å². The molecule has 16 heavy (non-hydrogen) atoms. The van der Waals surface area contributed by atoms with Crippen LogP contribution < -0.4 is 9.88 Å². The Labute approximate surface area is 94.5 Å². The zero-order chi connectivity index (χ0) is 12.2. The topological polar surface area (TPSA) is 93.2 Å². The largest absolute Gasteiger partial charge is 0.492 e. The SMILES string of the molecule is CCCOc1cccc(S(N)(=O)=O)c1C#N. The number of nitriles is 1. The number of nitrogens with two attached hydrogens (primary N) is 1. The molecule has 0 fully saturated rings. The number of sulfonamides is 1. The Hall–Kier alpha value is -1.58. The minimum atomic E-state index is -3.90. The van der Waals surface area contributed by atoms with Gasteiger partial charge in [0, 0.05) is 0 Å². The van der Waals surface area contributed by atoms with Gasteiger partial charge in [-0.25, -0.2) is 13.6 Å². The first-order valence-electron chi connectivity index (χ1n) is 4.69. The van der Waals surface area contributed by atoms with Crippen molar-refractivity contribution in [2.75, 3.05) is 6.61 Å². The number of hydrogen-bond donors (Lipinski definition) is 1. The average molecular weight is 240 g/mol. The van der Waals surface area contributed by atoms with E-state index in [4.69, 9.17) is 15.1 Å². The molecule has 1 aromatic rings. The molecular weight excluding hydrogens is 228 g/mol. The fourth-order valence-electron chi connectivity index (χ4n) is 1.19. The third-order valence-electron chi connectivity index (χ3n) is 1.87. The van der Waals surface area contributed by atoms with E-state index < -0.39 is 10.0 Å². The molecule has 6 heteroatoms. The molecule has 0 bridgehead atoms. The van der Waals surface area contributed by atoms with Crippen molar-refractivity contribution in [2.24, 2.45) is 5.14 Å². The van der Waals surface area contributed by atoms with Crippen LogP contribution >= 0.6 is 0 Å². The number of benzene rings is 1. The maximum atomic E-state index is 11.2. The molecule has 0 aliphatic carbocycles. The van der Waals surface area contributed by atoms with E-state index in [1.54, 1.807) is 12.1 Å². The van der Waals surface area contributed by atoms with Crippen molar-refractivity contribution >= 4 is 10.0 Å². The highest BCUT2D eigenvalue weighted by molar-refractivity contribution is 7.89. The molecule has 0 amide bonds. The fourth-order valence-corrected chi connectivity index (χ4v) is 1.89. The summed E-state index contributed by atoms with van der Waals surface area (Å²) >= 11 is 0. The Morgan fingerprint density at radius 2 is 2.19 bits per heavy atom. The van der Waals surface area contributed by atoms with Crippen molar-refractivity contribution in [1.29, 1.82) is 5.26 Å². The summed E-state index contributed by atoms with van der Waals surface area (Å²) in [6, 6.07) is 6.12. The third-order valence-corrected chi connectivity index (χ3v) is 2.82. The summed E-state index contributed by atoms with van der Waals surface area (Å²) < 4.78 is 27.7. The summed E-state index contributed by atoms with van der Waals surface area (Å²) in [4.78, 5) is -0.205. The summed E-state index contributed by atoms with van der Waals surface area (Å²) in [5.41, 5.74) is -0.0431. The second-order valence-electron chi connectivity index (χ2n) is 3.13. The van der Waals surface area contributed by atoms with Crippen molar-refractivity contribution in [3.05, 3.63) is 23.8 Å². The van der Waals surface area contributed by atoms with Crippen LogP contribution in [0, 0.1) is 11.3 Å². The summed E-state index contributed by atoms with van der Waals surface area (Å²) in [7, 11) is -3.90. The van der Waals surface area contributed by atoms with Gasteiger partial charge in [0.2, 0.25) is 10.0 Å². The molecule has 0 atom stereocenters. The first-order valence-corrected chi connectivity index (χ1v) is 6.24. The van der Waals surface area contributed by atoms with Crippen LogP contribution in [0.25, 0.3) is 0 Å². The van der Waals surface area contributed by atoms with Crippen molar-refractivity contribution < 1.29 is 13.2 Å². The highest BCUT2D eigenvalue weighted by Crippen LogP contribution is 2.24. The van der Waals surface area contributed by atoms with Crippen LogP contribution in [0.4, 0.5) is 0 Å². The summed E-state index contributed by atoms with van der Waals surface area (Å²) in [6.07, 6.45) is 0.768. The Balaban J connectivity index is 3.28. The molecule has 2 N–H and O–H groups in total. The van der Waals surface area contributed by atoms with Gasteiger partial charge >= 0.3 is 0 Å². The molecule has 5 nitrogen and oxygen atoms in total. The van der Waals surface area contributed by atoms with Gasteiger partial charge in [-0.05, 0) is 18.6 Å². The molecule has 86 valence electrons. The van der Waals surface area contributed by atoms with E-state index in [-0.39, 0.29) is 16.2 Å². The van der Waals surface area contributed by atoms with Gasteiger partial charge in [-0.1, -0.05) is 13.0 Å². The third kappa shape index (κ3) is 2.72. The Morgan fingerprint density at radius 1 is 1.50 bits per heavy atom. The number of primary sulfonamides is 1. The average Bonchev–Trinajstić information content (AvgIpc) is 2.24. The van der Waals surface area contributed by atoms with E-state index in [1.807, 2.05) is 6.92 Å². The normalized spacial score (nSPS) is 10.8. The van der Waals surface area contributed by atoms with E-state index >= 15 is 0 Å². The second kappa shape index (κ2) is 4.96. The van der Waals surface area contributed by atoms with Crippen LogP contribution in [-0.4, -0.2) is 15.0 Å². The molecule has 0 radical (unpaired) electrons. The minimum absolute atomic E-state index is 0.0431. The Kier molecular flexibility index (Phi) is 3.88. The van der Waals surface area contributed by atoms with Crippen LogP contribution in [0.5, 0.6) is 5.75 Å². The molecular formula is C10H12N2O3S. The van der Waals surface area contributed by atoms with Gasteiger partial charge in [0.25, 0.3) is 0 Å². The van der Waals surface area contributed by atoms with Crippen molar-refractivity contribution in [3.63, 3.8) is 0 Å². The molecule has 0 aliphatic rings. The zero-order valence-corrected chi connectivity index (χ0v) is 9.62. The van der Waals surface area contributed by atoms with Crippen molar-refractivity contribution in [3.8, 4) is 11.8 Å².